The molecule has 3 atom stereocenters. The summed E-state index contributed by atoms with van der Waals surface area (Å²) in [5, 5.41) is -0.165. The van der Waals surface area contributed by atoms with E-state index in [1.807, 2.05) is 0 Å². The monoisotopic (exact) mass is 362 g/mol. The molecule has 1 aromatic heterocycles. The topological polar surface area (TPSA) is 51.7 Å². The lowest BCUT2D eigenvalue weighted by Crippen LogP contribution is -2.47. The number of ether oxygens (including phenoxy) is 1. The number of esters is 1. The standard InChI is InChI=1S/C14H13Cl3N2O3/c1-6(2)21-14(20)8-9(15)10(16)13(17)19-12(8)11-7(22-19)4-3-5-18-11/h3-6,9-10,13H,1-2H3. The molecule has 0 bridgehead atoms. The van der Waals surface area contributed by atoms with Gasteiger partial charge in [-0.25, -0.2) is 4.79 Å². The van der Waals surface area contributed by atoms with Crippen LogP contribution in [0.4, 0.5) is 0 Å². The Morgan fingerprint density at radius 2 is 2.14 bits per heavy atom. The van der Waals surface area contributed by atoms with Crippen molar-refractivity contribution < 1.29 is 14.4 Å². The number of aromatic nitrogens is 1. The molecule has 0 saturated heterocycles. The zero-order chi connectivity index (χ0) is 16.0. The lowest BCUT2D eigenvalue weighted by Gasteiger charge is -2.35. The van der Waals surface area contributed by atoms with Crippen LogP contribution in [0.3, 0.4) is 0 Å². The molecule has 118 valence electrons. The molecule has 0 N–H and O–H groups in total. The van der Waals surface area contributed by atoms with Crippen LogP contribution in [0.15, 0.2) is 23.9 Å². The molecule has 0 amide bonds. The zero-order valence-corrected chi connectivity index (χ0v) is 14.1. The molecule has 0 saturated carbocycles. The van der Waals surface area contributed by atoms with E-state index >= 15 is 0 Å². The maximum atomic E-state index is 12.4. The summed E-state index contributed by atoms with van der Waals surface area (Å²) in [4.78, 5) is 22.4. The molecule has 1 aromatic rings. The fraction of sp³-hybridized carbons (Fsp3) is 0.429. The van der Waals surface area contributed by atoms with Crippen LogP contribution in [0.2, 0.25) is 0 Å². The Labute approximate surface area is 142 Å². The first-order chi connectivity index (χ1) is 10.4. The van der Waals surface area contributed by atoms with Crippen LogP contribution in [-0.4, -0.2) is 38.4 Å². The number of hydrogen-bond acceptors (Lipinski definition) is 5. The third kappa shape index (κ3) is 2.41. The molecule has 3 heterocycles. The Morgan fingerprint density at radius 1 is 1.41 bits per heavy atom. The molecule has 2 aliphatic rings. The third-order valence-electron chi connectivity index (χ3n) is 3.27. The van der Waals surface area contributed by atoms with Crippen LogP contribution < -0.4 is 4.84 Å². The van der Waals surface area contributed by atoms with Crippen molar-refractivity contribution in [3.8, 4) is 5.75 Å². The maximum Gasteiger partial charge on any atom is 0.338 e. The van der Waals surface area contributed by atoms with Crippen molar-refractivity contribution in [3.05, 3.63) is 29.6 Å². The summed E-state index contributed by atoms with van der Waals surface area (Å²) in [5.74, 6) is -0.0565. The summed E-state index contributed by atoms with van der Waals surface area (Å²) in [5.41, 5.74) is 0.393. The Bertz CT molecular complexity index is 650. The Hall–Kier alpha value is -1.17. The minimum absolute atomic E-state index is 0.213. The summed E-state index contributed by atoms with van der Waals surface area (Å²) >= 11 is 18.9. The van der Waals surface area contributed by atoms with E-state index in [1.54, 1.807) is 32.2 Å². The highest BCUT2D eigenvalue weighted by Gasteiger charge is 2.49. The SMILES string of the molecule is CC(C)OC(=O)C1=C2c3ncccc3ON2C(Cl)C(Cl)C1Cl. The molecule has 0 radical (unpaired) electrons. The van der Waals surface area contributed by atoms with Gasteiger partial charge in [0.15, 0.2) is 11.3 Å². The molecule has 0 fully saturated rings. The molecule has 3 unspecified atom stereocenters. The van der Waals surface area contributed by atoms with Crippen molar-refractivity contribution in [2.24, 2.45) is 0 Å². The van der Waals surface area contributed by atoms with Gasteiger partial charge in [0.25, 0.3) is 0 Å². The number of hydroxylamine groups is 2. The van der Waals surface area contributed by atoms with Crippen LogP contribution in [0.1, 0.15) is 19.5 Å². The average Bonchev–Trinajstić information content (AvgIpc) is 2.84. The molecule has 2 aliphatic heterocycles. The number of nitrogens with zero attached hydrogens (tertiary/aromatic N) is 2. The fourth-order valence-corrected chi connectivity index (χ4v) is 3.28. The second kappa shape index (κ2) is 5.80. The zero-order valence-electron chi connectivity index (χ0n) is 11.8. The van der Waals surface area contributed by atoms with Crippen LogP contribution in [-0.2, 0) is 9.53 Å². The minimum Gasteiger partial charge on any atom is -0.460 e. The predicted octanol–water partition coefficient (Wildman–Crippen LogP) is 3.15. The molecule has 5 nitrogen and oxygen atoms in total. The summed E-state index contributed by atoms with van der Waals surface area (Å²) in [6, 6.07) is 3.46. The molecule has 3 rings (SSSR count). The number of carbonyl (C=O) groups is 1. The van der Waals surface area contributed by atoms with Crippen LogP contribution in [0.25, 0.3) is 5.70 Å². The Balaban J connectivity index is 2.16. The van der Waals surface area contributed by atoms with Gasteiger partial charge in [-0.05, 0) is 26.0 Å². The molecule has 0 aliphatic carbocycles. The van der Waals surface area contributed by atoms with Gasteiger partial charge in [-0.1, -0.05) is 11.6 Å². The minimum atomic E-state index is -0.807. The molecular formula is C14H13Cl3N2O3. The lowest BCUT2D eigenvalue weighted by molar-refractivity contribution is -0.143. The quantitative estimate of drug-likeness (QED) is 0.459. The predicted molar refractivity (Wildman–Crippen MR) is 83.8 cm³/mol. The van der Waals surface area contributed by atoms with Crippen LogP contribution in [0, 0.1) is 0 Å². The summed E-state index contributed by atoms with van der Waals surface area (Å²) < 4.78 is 5.27. The van der Waals surface area contributed by atoms with E-state index < -0.39 is 22.2 Å². The van der Waals surface area contributed by atoms with E-state index in [0.717, 1.165) is 0 Å². The van der Waals surface area contributed by atoms with Crippen molar-refractivity contribution >= 4 is 46.5 Å². The number of halogens is 3. The van der Waals surface area contributed by atoms with Gasteiger partial charge in [-0.15, -0.1) is 23.2 Å². The van der Waals surface area contributed by atoms with Gasteiger partial charge in [0.1, 0.15) is 11.4 Å². The third-order valence-corrected chi connectivity index (χ3v) is 4.96. The smallest absolute Gasteiger partial charge is 0.338 e. The van der Waals surface area contributed by atoms with E-state index in [4.69, 9.17) is 44.4 Å². The number of hydrogen-bond donors (Lipinski definition) is 0. The number of rotatable bonds is 2. The van der Waals surface area contributed by atoms with Gasteiger partial charge >= 0.3 is 5.97 Å². The number of pyridine rings is 1. The van der Waals surface area contributed by atoms with Gasteiger partial charge in [0, 0.05) is 6.20 Å². The number of fused-ring (bicyclic) bond motifs is 3. The molecular weight excluding hydrogens is 351 g/mol. The maximum absolute atomic E-state index is 12.4. The highest BCUT2D eigenvalue weighted by Crippen LogP contribution is 2.46. The van der Waals surface area contributed by atoms with Gasteiger partial charge < -0.3 is 9.57 Å². The van der Waals surface area contributed by atoms with Crippen LogP contribution >= 0.6 is 34.8 Å². The highest BCUT2D eigenvalue weighted by atomic mass is 35.5. The van der Waals surface area contributed by atoms with E-state index in [9.17, 15) is 4.79 Å². The normalized spacial score (nSPS) is 26.6. The summed E-state index contributed by atoms with van der Waals surface area (Å²) in [7, 11) is 0. The van der Waals surface area contributed by atoms with Crippen molar-refractivity contribution in [1.82, 2.24) is 10.0 Å². The van der Waals surface area contributed by atoms with Crippen molar-refractivity contribution in [3.63, 3.8) is 0 Å². The first kappa shape index (κ1) is 15.7. The Morgan fingerprint density at radius 3 is 2.82 bits per heavy atom. The number of alkyl halides is 3. The van der Waals surface area contributed by atoms with Crippen molar-refractivity contribution in [1.29, 1.82) is 0 Å². The molecule has 0 aromatic carbocycles. The fourth-order valence-electron chi connectivity index (χ4n) is 2.36. The van der Waals surface area contributed by atoms with Gasteiger partial charge in [0.2, 0.25) is 0 Å². The van der Waals surface area contributed by atoms with E-state index in [1.165, 1.54) is 5.06 Å². The van der Waals surface area contributed by atoms with E-state index in [2.05, 4.69) is 4.98 Å². The Kier molecular flexibility index (Phi) is 4.14. The lowest BCUT2D eigenvalue weighted by atomic mass is 10.0. The highest BCUT2D eigenvalue weighted by molar-refractivity contribution is 6.38. The molecule has 0 spiro atoms. The van der Waals surface area contributed by atoms with Gasteiger partial charge in [-0.2, -0.15) is 5.06 Å². The van der Waals surface area contributed by atoms with Crippen molar-refractivity contribution in [2.75, 3.05) is 0 Å². The molecule has 8 heteroatoms. The van der Waals surface area contributed by atoms with E-state index in [0.29, 0.717) is 17.1 Å². The van der Waals surface area contributed by atoms with Gasteiger partial charge in [0.05, 0.1) is 22.4 Å². The first-order valence-corrected chi connectivity index (χ1v) is 8.02. The summed E-state index contributed by atoms with van der Waals surface area (Å²) in [6.07, 6.45) is 1.31. The van der Waals surface area contributed by atoms with E-state index in [-0.39, 0.29) is 11.7 Å². The van der Waals surface area contributed by atoms with Gasteiger partial charge in [-0.3, -0.25) is 4.98 Å². The first-order valence-electron chi connectivity index (χ1n) is 6.71. The molecule has 22 heavy (non-hydrogen) atoms. The second-order valence-electron chi connectivity index (χ2n) is 5.20. The largest absolute Gasteiger partial charge is 0.460 e. The van der Waals surface area contributed by atoms with Crippen LogP contribution in [0.5, 0.6) is 5.75 Å². The van der Waals surface area contributed by atoms with Crippen molar-refractivity contribution in [2.45, 2.75) is 36.2 Å². The average molecular weight is 364 g/mol. The number of carbonyl (C=O) groups excluding carboxylic acids is 1. The summed E-state index contributed by atoms with van der Waals surface area (Å²) in [6.45, 7) is 3.51. The second-order valence-corrected chi connectivity index (χ2v) is 6.62.